The van der Waals surface area contributed by atoms with Gasteiger partial charge in [0.2, 0.25) is 5.95 Å². The lowest BCUT2D eigenvalue weighted by molar-refractivity contribution is 0.574. The Balaban J connectivity index is 2.33. The van der Waals surface area contributed by atoms with Crippen LogP contribution in [0.2, 0.25) is 0 Å². The van der Waals surface area contributed by atoms with Crippen molar-refractivity contribution >= 4 is 5.69 Å². The van der Waals surface area contributed by atoms with Crippen LogP contribution in [0.1, 0.15) is 18.4 Å². The van der Waals surface area contributed by atoms with Crippen LogP contribution in [0.15, 0.2) is 12.3 Å². The van der Waals surface area contributed by atoms with Gasteiger partial charge >= 0.3 is 0 Å². The summed E-state index contributed by atoms with van der Waals surface area (Å²) in [7, 11) is 0. The van der Waals surface area contributed by atoms with Crippen molar-refractivity contribution in [2.45, 2.75) is 19.8 Å². The maximum Gasteiger partial charge on any atom is 0.217 e. The van der Waals surface area contributed by atoms with Crippen LogP contribution in [0.4, 0.5) is 10.1 Å². The molecule has 3 heteroatoms. The van der Waals surface area contributed by atoms with Gasteiger partial charge in [-0.1, -0.05) is 0 Å². The second-order valence-electron chi connectivity index (χ2n) is 3.44. The largest absolute Gasteiger partial charge is 0.371 e. The van der Waals surface area contributed by atoms with Crippen molar-refractivity contribution < 1.29 is 4.39 Å². The lowest BCUT2D eigenvalue weighted by Crippen LogP contribution is -2.19. The second-order valence-corrected chi connectivity index (χ2v) is 3.44. The first-order valence-corrected chi connectivity index (χ1v) is 4.65. The zero-order chi connectivity index (χ0) is 9.26. The van der Waals surface area contributed by atoms with Gasteiger partial charge in [-0.15, -0.1) is 0 Å². The number of rotatable bonds is 1. The summed E-state index contributed by atoms with van der Waals surface area (Å²) >= 11 is 0. The van der Waals surface area contributed by atoms with Crippen molar-refractivity contribution in [3.63, 3.8) is 0 Å². The van der Waals surface area contributed by atoms with Crippen molar-refractivity contribution in [1.29, 1.82) is 0 Å². The summed E-state index contributed by atoms with van der Waals surface area (Å²) in [5.41, 5.74) is 1.68. The van der Waals surface area contributed by atoms with E-state index < -0.39 is 0 Å². The highest BCUT2D eigenvalue weighted by atomic mass is 19.1. The van der Waals surface area contributed by atoms with Gasteiger partial charge in [0.05, 0.1) is 0 Å². The topological polar surface area (TPSA) is 16.1 Å². The molecule has 1 aliphatic heterocycles. The van der Waals surface area contributed by atoms with E-state index >= 15 is 0 Å². The van der Waals surface area contributed by atoms with Crippen LogP contribution in [0.5, 0.6) is 0 Å². The lowest BCUT2D eigenvalue weighted by Gasteiger charge is -2.19. The Morgan fingerprint density at radius 3 is 2.77 bits per heavy atom. The summed E-state index contributed by atoms with van der Waals surface area (Å²) in [6, 6.07) is 1.89. The minimum absolute atomic E-state index is 0.343. The first kappa shape index (κ1) is 8.48. The van der Waals surface area contributed by atoms with Crippen LogP contribution in [-0.2, 0) is 0 Å². The summed E-state index contributed by atoms with van der Waals surface area (Å²) in [6.07, 6.45) is 3.96. The highest BCUT2D eigenvalue weighted by Gasteiger charge is 2.15. The molecule has 0 N–H and O–H groups in total. The van der Waals surface area contributed by atoms with Crippen molar-refractivity contribution in [3.05, 3.63) is 23.8 Å². The van der Waals surface area contributed by atoms with Gasteiger partial charge in [-0.05, 0) is 25.8 Å². The van der Waals surface area contributed by atoms with Gasteiger partial charge in [0.25, 0.3) is 0 Å². The monoisotopic (exact) mass is 180 g/mol. The Kier molecular flexibility index (Phi) is 2.17. The molecule has 0 atom stereocenters. The number of hydrogen-bond donors (Lipinski definition) is 0. The third-order valence-corrected chi connectivity index (χ3v) is 2.56. The zero-order valence-corrected chi connectivity index (χ0v) is 7.76. The molecule has 1 saturated heterocycles. The van der Waals surface area contributed by atoms with Crippen LogP contribution in [0.25, 0.3) is 0 Å². The van der Waals surface area contributed by atoms with Crippen molar-refractivity contribution in [2.75, 3.05) is 18.0 Å². The Bertz CT molecular complexity index is 306. The van der Waals surface area contributed by atoms with Crippen molar-refractivity contribution in [2.24, 2.45) is 0 Å². The summed E-state index contributed by atoms with van der Waals surface area (Å²) < 4.78 is 13.1. The van der Waals surface area contributed by atoms with Crippen LogP contribution >= 0.6 is 0 Å². The molecule has 0 aromatic carbocycles. The van der Waals surface area contributed by atoms with E-state index in [1.165, 1.54) is 19.0 Å². The highest BCUT2D eigenvalue weighted by Crippen LogP contribution is 2.24. The second kappa shape index (κ2) is 3.32. The maximum absolute atomic E-state index is 13.1. The molecule has 0 radical (unpaired) electrons. The van der Waals surface area contributed by atoms with E-state index in [0.29, 0.717) is 5.56 Å². The molecule has 0 amide bonds. The number of aromatic nitrogens is 1. The molecule has 1 aliphatic rings. The molecule has 0 aliphatic carbocycles. The van der Waals surface area contributed by atoms with Gasteiger partial charge in [0, 0.05) is 30.5 Å². The third kappa shape index (κ3) is 1.50. The summed E-state index contributed by atoms with van der Waals surface area (Å²) in [5, 5.41) is 0. The molecule has 1 fully saturated rings. The first-order chi connectivity index (χ1) is 6.29. The van der Waals surface area contributed by atoms with E-state index in [4.69, 9.17) is 0 Å². The van der Waals surface area contributed by atoms with E-state index in [2.05, 4.69) is 9.88 Å². The molecule has 13 heavy (non-hydrogen) atoms. The van der Waals surface area contributed by atoms with E-state index in [9.17, 15) is 4.39 Å². The van der Waals surface area contributed by atoms with Crippen LogP contribution in [0, 0.1) is 12.9 Å². The molecular weight excluding hydrogens is 167 g/mol. The molecule has 2 rings (SSSR count). The SMILES string of the molecule is Cc1c(N2CCCC2)ccnc1F. The number of pyridine rings is 1. The normalized spacial score (nSPS) is 16.6. The molecule has 0 saturated carbocycles. The summed E-state index contributed by atoms with van der Waals surface area (Å²) in [5.74, 6) is -0.343. The molecule has 2 nitrogen and oxygen atoms in total. The quantitative estimate of drug-likeness (QED) is 0.615. The Labute approximate surface area is 77.4 Å². The lowest BCUT2D eigenvalue weighted by atomic mass is 10.2. The fourth-order valence-corrected chi connectivity index (χ4v) is 1.80. The average Bonchev–Trinajstić information content (AvgIpc) is 2.62. The first-order valence-electron chi connectivity index (χ1n) is 4.65. The van der Waals surface area contributed by atoms with Gasteiger partial charge in [-0.2, -0.15) is 4.39 Å². The minimum atomic E-state index is -0.343. The molecule has 0 unspecified atom stereocenters. The fraction of sp³-hybridized carbons (Fsp3) is 0.500. The average molecular weight is 180 g/mol. The van der Waals surface area contributed by atoms with Gasteiger partial charge in [0.1, 0.15) is 0 Å². The van der Waals surface area contributed by atoms with E-state index in [1.54, 1.807) is 6.92 Å². The molecular formula is C10H13FN2. The molecule has 2 heterocycles. The van der Waals surface area contributed by atoms with Crippen LogP contribution in [-0.4, -0.2) is 18.1 Å². The van der Waals surface area contributed by atoms with E-state index in [0.717, 1.165) is 18.8 Å². The molecule has 0 spiro atoms. The van der Waals surface area contributed by atoms with Crippen molar-refractivity contribution in [3.8, 4) is 0 Å². The van der Waals surface area contributed by atoms with Gasteiger partial charge < -0.3 is 4.90 Å². The molecule has 1 aromatic rings. The standard InChI is InChI=1S/C10H13FN2/c1-8-9(4-5-12-10(8)11)13-6-2-3-7-13/h4-5H,2-3,6-7H2,1H3. The summed E-state index contributed by atoms with van der Waals surface area (Å²) in [4.78, 5) is 5.84. The Morgan fingerprint density at radius 2 is 2.08 bits per heavy atom. The smallest absolute Gasteiger partial charge is 0.217 e. The number of nitrogens with zero attached hydrogens (tertiary/aromatic N) is 2. The third-order valence-electron chi connectivity index (χ3n) is 2.56. The number of halogens is 1. The zero-order valence-electron chi connectivity index (χ0n) is 7.76. The molecule has 1 aromatic heterocycles. The predicted octanol–water partition coefficient (Wildman–Crippen LogP) is 2.13. The van der Waals surface area contributed by atoms with Crippen LogP contribution < -0.4 is 4.90 Å². The van der Waals surface area contributed by atoms with E-state index in [1.807, 2.05) is 6.07 Å². The van der Waals surface area contributed by atoms with Gasteiger partial charge in [0.15, 0.2) is 0 Å². The Hall–Kier alpha value is -1.12. The number of hydrogen-bond acceptors (Lipinski definition) is 2. The Morgan fingerprint density at radius 1 is 1.38 bits per heavy atom. The predicted molar refractivity (Wildman–Crippen MR) is 50.4 cm³/mol. The number of anilines is 1. The van der Waals surface area contributed by atoms with Gasteiger partial charge in [-0.25, -0.2) is 4.98 Å². The fourth-order valence-electron chi connectivity index (χ4n) is 1.80. The molecule has 70 valence electrons. The molecule has 0 bridgehead atoms. The van der Waals surface area contributed by atoms with E-state index in [-0.39, 0.29) is 5.95 Å². The van der Waals surface area contributed by atoms with Crippen LogP contribution in [0.3, 0.4) is 0 Å². The summed E-state index contributed by atoms with van der Waals surface area (Å²) in [6.45, 7) is 3.88. The van der Waals surface area contributed by atoms with Crippen molar-refractivity contribution in [1.82, 2.24) is 4.98 Å². The highest BCUT2D eigenvalue weighted by molar-refractivity contribution is 5.52. The minimum Gasteiger partial charge on any atom is -0.371 e. The maximum atomic E-state index is 13.1. The van der Waals surface area contributed by atoms with Gasteiger partial charge in [-0.3, -0.25) is 0 Å².